The molecule has 1 saturated heterocycles. The van der Waals surface area contributed by atoms with Crippen molar-refractivity contribution in [2.24, 2.45) is 0 Å². The van der Waals surface area contributed by atoms with E-state index in [2.05, 4.69) is 0 Å². The van der Waals surface area contributed by atoms with Crippen molar-refractivity contribution in [3.8, 4) is 0 Å². The van der Waals surface area contributed by atoms with E-state index in [0.717, 1.165) is 16.7 Å². The summed E-state index contributed by atoms with van der Waals surface area (Å²) in [6.07, 6.45) is -0.414. The highest BCUT2D eigenvalue weighted by Crippen LogP contribution is 2.66. The van der Waals surface area contributed by atoms with Crippen LogP contribution in [0.1, 0.15) is 55.5 Å². The van der Waals surface area contributed by atoms with E-state index in [1.807, 2.05) is 69.3 Å². The quantitative estimate of drug-likeness (QED) is 0.499. The van der Waals surface area contributed by atoms with Crippen molar-refractivity contribution in [1.82, 2.24) is 4.90 Å². The van der Waals surface area contributed by atoms with Crippen molar-refractivity contribution in [2.75, 3.05) is 4.31 Å². The van der Waals surface area contributed by atoms with Gasteiger partial charge in [-0.15, -0.1) is 0 Å². The highest BCUT2D eigenvalue weighted by atomic mass is 32.2. The Morgan fingerprint density at radius 2 is 1.35 bits per heavy atom. The average molecular weight is 475 g/mol. The van der Waals surface area contributed by atoms with Crippen molar-refractivity contribution in [3.05, 3.63) is 95.6 Å². The highest BCUT2D eigenvalue weighted by molar-refractivity contribution is 7.92. The Morgan fingerprint density at radius 1 is 0.794 bits per heavy atom. The Hall–Kier alpha value is -3.32. The summed E-state index contributed by atoms with van der Waals surface area (Å²) in [7, 11) is -3.86. The van der Waals surface area contributed by atoms with Gasteiger partial charge >= 0.3 is 6.09 Å². The molecule has 0 saturated carbocycles. The molecule has 0 aliphatic carbocycles. The average Bonchev–Trinajstić information content (AvgIpc) is 3.43. The van der Waals surface area contributed by atoms with Crippen LogP contribution in [0.25, 0.3) is 0 Å². The predicted octanol–water partition coefficient (Wildman–Crippen LogP) is 5.39. The van der Waals surface area contributed by atoms with Crippen molar-refractivity contribution in [3.63, 3.8) is 0 Å². The van der Waals surface area contributed by atoms with E-state index in [1.54, 1.807) is 39.5 Å². The molecule has 4 atom stereocenters. The molecule has 7 heteroatoms. The van der Waals surface area contributed by atoms with Crippen LogP contribution in [0.3, 0.4) is 0 Å². The monoisotopic (exact) mass is 474 g/mol. The zero-order valence-electron chi connectivity index (χ0n) is 19.3. The SMILES string of the molecule is CC(C)(C)OC(=O)N1[C@@H]2c3ccccc3[C@H]1[C@H]1c3ccccc3N(S(=O)(=O)c3ccccc3)[C@H]12. The van der Waals surface area contributed by atoms with Gasteiger partial charge in [-0.25, -0.2) is 13.2 Å². The molecule has 3 aromatic carbocycles. The molecular formula is C27H26N2O4S. The van der Waals surface area contributed by atoms with E-state index < -0.39 is 33.8 Å². The van der Waals surface area contributed by atoms with Gasteiger partial charge in [-0.1, -0.05) is 60.7 Å². The lowest BCUT2D eigenvalue weighted by molar-refractivity contribution is 0.0167. The summed E-state index contributed by atoms with van der Waals surface area (Å²) in [6.45, 7) is 5.54. The number of hydrogen-bond acceptors (Lipinski definition) is 4. The van der Waals surface area contributed by atoms with Crippen LogP contribution in [0, 0.1) is 0 Å². The summed E-state index contributed by atoms with van der Waals surface area (Å²) in [6, 6.07) is 23.0. The van der Waals surface area contributed by atoms with E-state index in [-0.39, 0.29) is 16.9 Å². The Morgan fingerprint density at radius 3 is 2.00 bits per heavy atom. The molecule has 3 heterocycles. The fourth-order valence-electron chi connectivity index (χ4n) is 5.92. The number of carbonyl (C=O) groups excluding carboxylic acids is 1. The molecule has 0 spiro atoms. The lowest BCUT2D eigenvalue weighted by Crippen LogP contribution is -2.44. The zero-order chi connectivity index (χ0) is 23.8. The summed E-state index contributed by atoms with van der Waals surface area (Å²) in [4.78, 5) is 15.5. The Balaban J connectivity index is 1.56. The maximum absolute atomic E-state index is 14.0. The Labute approximate surface area is 199 Å². The number of sulfonamides is 1. The van der Waals surface area contributed by atoms with Crippen molar-refractivity contribution >= 4 is 21.8 Å². The van der Waals surface area contributed by atoms with E-state index in [9.17, 15) is 13.2 Å². The topological polar surface area (TPSA) is 66.9 Å². The number of nitrogens with zero attached hydrogens (tertiary/aromatic N) is 2. The molecule has 6 nitrogen and oxygen atoms in total. The standard InChI is InChI=1S/C27H26N2O4S/c1-27(2,3)33-26(30)28-23-18-13-7-8-14-19(18)24(28)25-22(23)20-15-9-10-16-21(20)29(25)34(31,32)17-11-5-4-6-12-17/h4-16,22-25H,1-3H3/t22-,23+,24-,25-/m1/s1. The fourth-order valence-corrected chi connectivity index (χ4v) is 7.64. The number of hydrogen-bond donors (Lipinski definition) is 0. The molecule has 174 valence electrons. The van der Waals surface area contributed by atoms with Gasteiger partial charge in [-0.05, 0) is 55.7 Å². The maximum Gasteiger partial charge on any atom is 0.411 e. The van der Waals surface area contributed by atoms with Gasteiger partial charge in [0.05, 0.1) is 28.7 Å². The van der Waals surface area contributed by atoms with E-state index >= 15 is 0 Å². The second-order valence-electron chi connectivity index (χ2n) is 10.1. The number of anilines is 1. The molecular weight excluding hydrogens is 448 g/mol. The summed E-state index contributed by atoms with van der Waals surface area (Å²) in [5.74, 6) is -0.179. The Kier molecular flexibility index (Phi) is 4.43. The molecule has 1 amide bonds. The van der Waals surface area contributed by atoms with Crippen molar-refractivity contribution < 1.29 is 17.9 Å². The van der Waals surface area contributed by atoms with Gasteiger partial charge in [-0.2, -0.15) is 0 Å². The maximum atomic E-state index is 14.0. The molecule has 0 aromatic heterocycles. The first-order valence-corrected chi connectivity index (χ1v) is 12.9. The van der Waals surface area contributed by atoms with Crippen LogP contribution in [-0.4, -0.2) is 31.1 Å². The highest BCUT2D eigenvalue weighted by Gasteiger charge is 2.65. The van der Waals surface area contributed by atoms with Gasteiger partial charge in [0.15, 0.2) is 0 Å². The van der Waals surface area contributed by atoms with Crippen molar-refractivity contribution in [2.45, 2.75) is 55.3 Å². The minimum absolute atomic E-state index is 0.179. The first-order chi connectivity index (χ1) is 16.2. The van der Waals surface area contributed by atoms with Crippen LogP contribution in [0.15, 0.2) is 83.8 Å². The third-order valence-electron chi connectivity index (χ3n) is 6.97. The van der Waals surface area contributed by atoms with Crippen LogP contribution in [0.2, 0.25) is 0 Å². The van der Waals surface area contributed by atoms with Gasteiger partial charge < -0.3 is 4.74 Å². The molecule has 0 radical (unpaired) electrons. The molecule has 0 N–H and O–H groups in total. The van der Waals surface area contributed by atoms with Crippen LogP contribution < -0.4 is 4.31 Å². The second-order valence-corrected chi connectivity index (χ2v) is 11.9. The molecule has 2 bridgehead atoms. The summed E-state index contributed by atoms with van der Waals surface area (Å²) in [5, 5.41) is 0. The molecule has 3 aromatic rings. The first-order valence-electron chi connectivity index (χ1n) is 11.5. The van der Waals surface area contributed by atoms with Gasteiger partial charge in [0.25, 0.3) is 10.0 Å². The lowest BCUT2D eigenvalue weighted by atomic mass is 9.79. The summed E-state index contributed by atoms with van der Waals surface area (Å²) >= 11 is 0. The van der Waals surface area contributed by atoms with Gasteiger partial charge in [-0.3, -0.25) is 9.21 Å². The zero-order valence-corrected chi connectivity index (χ0v) is 20.1. The van der Waals surface area contributed by atoms with E-state index in [1.165, 1.54) is 0 Å². The number of carbonyl (C=O) groups is 1. The molecule has 3 aliphatic heterocycles. The normalized spacial score (nSPS) is 24.6. The van der Waals surface area contributed by atoms with E-state index in [0.29, 0.717) is 5.69 Å². The van der Waals surface area contributed by atoms with Crippen LogP contribution in [0.5, 0.6) is 0 Å². The third kappa shape index (κ3) is 2.86. The van der Waals surface area contributed by atoms with Gasteiger partial charge in [0, 0.05) is 5.92 Å². The van der Waals surface area contributed by atoms with Gasteiger partial charge in [0.2, 0.25) is 0 Å². The number of para-hydroxylation sites is 1. The largest absolute Gasteiger partial charge is 0.444 e. The molecule has 34 heavy (non-hydrogen) atoms. The first kappa shape index (κ1) is 21.2. The predicted molar refractivity (Wildman–Crippen MR) is 129 cm³/mol. The summed E-state index contributed by atoms with van der Waals surface area (Å²) < 4.78 is 35.4. The fraction of sp³-hybridized carbons (Fsp3) is 0.296. The molecule has 1 fully saturated rings. The number of benzene rings is 3. The van der Waals surface area contributed by atoms with E-state index in [4.69, 9.17) is 4.74 Å². The van der Waals surface area contributed by atoms with Gasteiger partial charge in [0.1, 0.15) is 5.60 Å². The number of ether oxygens (including phenoxy) is 1. The molecule has 6 rings (SSSR count). The minimum atomic E-state index is -3.86. The smallest absolute Gasteiger partial charge is 0.411 e. The molecule has 0 unspecified atom stereocenters. The number of amides is 1. The van der Waals surface area contributed by atoms with Crippen LogP contribution in [0.4, 0.5) is 10.5 Å². The minimum Gasteiger partial charge on any atom is -0.444 e. The lowest BCUT2D eigenvalue weighted by Gasteiger charge is -2.33. The number of fused-ring (bicyclic) bond motifs is 10. The van der Waals surface area contributed by atoms with Crippen molar-refractivity contribution in [1.29, 1.82) is 0 Å². The van der Waals surface area contributed by atoms with Crippen LogP contribution in [-0.2, 0) is 14.8 Å². The summed E-state index contributed by atoms with van der Waals surface area (Å²) in [5.41, 5.74) is 3.03. The molecule has 3 aliphatic rings. The Bertz CT molecular complexity index is 1400. The third-order valence-corrected chi connectivity index (χ3v) is 8.80. The second kappa shape index (κ2) is 7.09. The number of rotatable bonds is 2. The van der Waals surface area contributed by atoms with Crippen LogP contribution >= 0.6 is 0 Å².